The van der Waals surface area contributed by atoms with E-state index in [9.17, 15) is 14.4 Å². The molecule has 2 N–H and O–H groups in total. The lowest BCUT2D eigenvalue weighted by Gasteiger charge is -2.12. The third kappa shape index (κ3) is 5.20. The highest BCUT2D eigenvalue weighted by molar-refractivity contribution is 5.92. The Kier molecular flexibility index (Phi) is 6.41. The van der Waals surface area contributed by atoms with Crippen LogP contribution in [0.15, 0.2) is 59.4 Å². The lowest BCUT2D eigenvalue weighted by Crippen LogP contribution is -2.32. The van der Waals surface area contributed by atoms with Crippen LogP contribution in [0.2, 0.25) is 0 Å². The van der Waals surface area contributed by atoms with E-state index in [1.54, 1.807) is 19.1 Å². The fraction of sp³-hybridized carbons (Fsp3) is 0.217. The summed E-state index contributed by atoms with van der Waals surface area (Å²) in [4.78, 5) is 37.2. The van der Waals surface area contributed by atoms with Gasteiger partial charge in [-0.2, -0.15) is 5.10 Å². The normalized spacial score (nSPS) is 10.5. The van der Waals surface area contributed by atoms with Crippen LogP contribution in [-0.2, 0) is 16.1 Å². The Morgan fingerprint density at radius 2 is 1.50 bits per heavy atom. The van der Waals surface area contributed by atoms with Crippen LogP contribution in [0, 0.1) is 13.8 Å². The maximum atomic E-state index is 12.8. The van der Waals surface area contributed by atoms with Crippen LogP contribution < -0.4 is 16.2 Å². The Morgan fingerprint density at radius 3 is 2.10 bits per heavy atom. The zero-order chi connectivity index (χ0) is 21.7. The van der Waals surface area contributed by atoms with E-state index in [2.05, 4.69) is 15.7 Å². The first-order chi connectivity index (χ1) is 14.4. The van der Waals surface area contributed by atoms with Gasteiger partial charge in [0.2, 0.25) is 11.8 Å². The van der Waals surface area contributed by atoms with E-state index in [-0.39, 0.29) is 30.5 Å². The summed E-state index contributed by atoms with van der Waals surface area (Å²) < 4.78 is 1.07. The van der Waals surface area contributed by atoms with E-state index in [4.69, 9.17) is 0 Å². The summed E-state index contributed by atoms with van der Waals surface area (Å²) in [7, 11) is 0. The van der Waals surface area contributed by atoms with E-state index in [1.165, 1.54) is 6.07 Å². The van der Waals surface area contributed by atoms with E-state index in [1.807, 2.05) is 50.2 Å². The number of anilines is 2. The highest BCUT2D eigenvalue weighted by Gasteiger charge is 2.14. The Hall–Kier alpha value is -3.74. The molecule has 3 rings (SSSR count). The zero-order valence-electron chi connectivity index (χ0n) is 17.2. The van der Waals surface area contributed by atoms with Crippen LogP contribution in [0.25, 0.3) is 11.3 Å². The quantitative estimate of drug-likeness (QED) is 0.657. The van der Waals surface area contributed by atoms with Crippen molar-refractivity contribution in [2.75, 3.05) is 10.6 Å². The number of carbonyl (C=O) groups excluding carboxylic acids is 2. The van der Waals surface area contributed by atoms with E-state index >= 15 is 0 Å². The Morgan fingerprint density at radius 1 is 0.900 bits per heavy atom. The molecule has 2 aromatic carbocycles. The van der Waals surface area contributed by atoms with Crippen molar-refractivity contribution in [1.29, 1.82) is 0 Å². The van der Waals surface area contributed by atoms with Crippen molar-refractivity contribution in [2.45, 2.75) is 33.7 Å². The van der Waals surface area contributed by atoms with Gasteiger partial charge < -0.3 is 10.6 Å². The number of amides is 2. The minimum Gasteiger partial charge on any atom is -0.324 e. The minimum absolute atomic E-state index is 0.0931. The second-order valence-electron chi connectivity index (χ2n) is 7.09. The number of hydrogen-bond donors (Lipinski definition) is 2. The van der Waals surface area contributed by atoms with Crippen molar-refractivity contribution in [2.24, 2.45) is 0 Å². The number of hydrogen-bond acceptors (Lipinski definition) is 4. The van der Waals surface area contributed by atoms with Gasteiger partial charge in [0.1, 0.15) is 12.2 Å². The number of aryl methyl sites for hydroxylation is 2. The SMILES string of the molecule is CCC(=O)Nc1cc(-c2ccc(C)cc2)nn(CC(=O)Nc2ccc(C)cc2)c1=O. The van der Waals surface area contributed by atoms with Gasteiger partial charge in [-0.25, -0.2) is 4.68 Å². The van der Waals surface area contributed by atoms with Crippen molar-refractivity contribution in [3.8, 4) is 11.3 Å². The molecule has 0 saturated carbocycles. The summed E-state index contributed by atoms with van der Waals surface area (Å²) in [6, 6.07) is 16.5. The van der Waals surface area contributed by atoms with Crippen molar-refractivity contribution >= 4 is 23.2 Å². The number of benzene rings is 2. The topological polar surface area (TPSA) is 93.1 Å². The molecular formula is C23H24N4O3. The van der Waals surface area contributed by atoms with Crippen LogP contribution in [0.1, 0.15) is 24.5 Å². The summed E-state index contributed by atoms with van der Waals surface area (Å²) in [6.07, 6.45) is 0.232. The molecule has 0 radical (unpaired) electrons. The molecule has 1 aromatic heterocycles. The maximum absolute atomic E-state index is 12.8. The second kappa shape index (κ2) is 9.17. The molecule has 2 amide bonds. The average molecular weight is 404 g/mol. The monoisotopic (exact) mass is 404 g/mol. The lowest BCUT2D eigenvalue weighted by molar-refractivity contribution is -0.117. The molecule has 0 atom stereocenters. The molecule has 0 aliphatic carbocycles. The number of carbonyl (C=O) groups is 2. The van der Waals surface area contributed by atoms with Gasteiger partial charge in [0.05, 0.1) is 5.69 Å². The van der Waals surface area contributed by atoms with Crippen molar-refractivity contribution in [3.63, 3.8) is 0 Å². The molecule has 30 heavy (non-hydrogen) atoms. The Balaban J connectivity index is 1.93. The third-order valence-corrected chi connectivity index (χ3v) is 4.55. The number of rotatable bonds is 6. The summed E-state index contributed by atoms with van der Waals surface area (Å²) >= 11 is 0. The summed E-state index contributed by atoms with van der Waals surface area (Å²) in [5.41, 5.74) is 3.62. The highest BCUT2D eigenvalue weighted by Crippen LogP contribution is 2.19. The molecule has 1 heterocycles. The molecule has 0 unspecified atom stereocenters. The largest absolute Gasteiger partial charge is 0.324 e. The smallest absolute Gasteiger partial charge is 0.291 e. The molecule has 0 aliphatic rings. The van der Waals surface area contributed by atoms with Gasteiger partial charge in [-0.1, -0.05) is 54.4 Å². The predicted molar refractivity (Wildman–Crippen MR) is 117 cm³/mol. The van der Waals surface area contributed by atoms with Crippen molar-refractivity contribution in [1.82, 2.24) is 9.78 Å². The summed E-state index contributed by atoms with van der Waals surface area (Å²) in [5.74, 6) is -0.675. The minimum atomic E-state index is -0.535. The molecule has 7 heteroatoms. The average Bonchev–Trinajstić information content (AvgIpc) is 2.73. The van der Waals surface area contributed by atoms with Crippen LogP contribution >= 0.6 is 0 Å². The van der Waals surface area contributed by atoms with Gasteiger partial charge in [0.25, 0.3) is 5.56 Å². The first-order valence-electron chi connectivity index (χ1n) is 9.71. The molecule has 3 aromatic rings. The molecule has 0 fully saturated rings. The van der Waals surface area contributed by atoms with E-state index < -0.39 is 5.56 Å². The predicted octanol–water partition coefficient (Wildman–Crippen LogP) is 3.51. The van der Waals surface area contributed by atoms with Gasteiger partial charge in [-0.05, 0) is 32.0 Å². The van der Waals surface area contributed by atoms with Gasteiger partial charge >= 0.3 is 0 Å². The molecule has 0 saturated heterocycles. The fourth-order valence-corrected chi connectivity index (χ4v) is 2.82. The first kappa shape index (κ1) is 21.0. The van der Waals surface area contributed by atoms with Crippen LogP contribution in [0.5, 0.6) is 0 Å². The van der Waals surface area contributed by atoms with Crippen LogP contribution in [-0.4, -0.2) is 21.6 Å². The van der Waals surface area contributed by atoms with Gasteiger partial charge in [0, 0.05) is 17.7 Å². The standard InChI is InChI=1S/C23H24N4O3/c1-4-21(28)25-20-13-19(17-9-5-15(2)6-10-17)26-27(23(20)30)14-22(29)24-18-11-7-16(3)8-12-18/h5-13H,4,14H2,1-3H3,(H,24,29)(H,25,28). The zero-order valence-corrected chi connectivity index (χ0v) is 17.2. The van der Waals surface area contributed by atoms with Crippen LogP contribution in [0.4, 0.5) is 11.4 Å². The van der Waals surface area contributed by atoms with E-state index in [0.29, 0.717) is 11.4 Å². The van der Waals surface area contributed by atoms with Crippen molar-refractivity contribution in [3.05, 3.63) is 76.1 Å². The van der Waals surface area contributed by atoms with Gasteiger partial charge in [-0.15, -0.1) is 0 Å². The Labute approximate surface area is 174 Å². The fourth-order valence-electron chi connectivity index (χ4n) is 2.82. The molecule has 0 aliphatic heterocycles. The van der Waals surface area contributed by atoms with Gasteiger partial charge in [-0.3, -0.25) is 14.4 Å². The molecular weight excluding hydrogens is 380 g/mol. The van der Waals surface area contributed by atoms with Crippen molar-refractivity contribution < 1.29 is 9.59 Å². The number of nitrogens with one attached hydrogen (secondary N) is 2. The maximum Gasteiger partial charge on any atom is 0.291 e. The Bertz CT molecular complexity index is 1120. The lowest BCUT2D eigenvalue weighted by atomic mass is 10.1. The second-order valence-corrected chi connectivity index (χ2v) is 7.09. The third-order valence-electron chi connectivity index (χ3n) is 4.55. The molecule has 154 valence electrons. The molecule has 7 nitrogen and oxygen atoms in total. The first-order valence-corrected chi connectivity index (χ1v) is 9.71. The number of aromatic nitrogens is 2. The van der Waals surface area contributed by atoms with Gasteiger partial charge in [0.15, 0.2) is 0 Å². The van der Waals surface area contributed by atoms with E-state index in [0.717, 1.165) is 21.4 Å². The molecule has 0 spiro atoms. The summed E-state index contributed by atoms with van der Waals surface area (Å²) in [5, 5.41) is 9.72. The summed E-state index contributed by atoms with van der Waals surface area (Å²) in [6.45, 7) is 5.35. The van der Waals surface area contributed by atoms with Crippen LogP contribution in [0.3, 0.4) is 0 Å². The highest BCUT2D eigenvalue weighted by atomic mass is 16.2. The molecule has 0 bridgehead atoms. The number of nitrogens with zero attached hydrogens (tertiary/aromatic N) is 2.